The fourth-order valence-electron chi connectivity index (χ4n) is 1.13. The number of rotatable bonds is 2. The number of amides is 1. The third-order valence-electron chi connectivity index (χ3n) is 2.16. The fraction of sp³-hybridized carbons (Fsp3) is 0.333. The smallest absolute Gasteiger partial charge is 0.337 e. The Morgan fingerprint density at radius 1 is 1.29 bits per heavy atom. The first-order chi connectivity index (χ1) is 7.73. The molecule has 0 spiro atoms. The number of nitrogens with one attached hydrogen (secondary N) is 1. The molecule has 0 aliphatic carbocycles. The van der Waals surface area contributed by atoms with Crippen LogP contribution in [0.2, 0.25) is 5.02 Å². The number of anilines is 1. The average Bonchev–Trinajstić information content (AvgIpc) is 2.18. The van der Waals surface area contributed by atoms with Gasteiger partial charge in [-0.25, -0.2) is 4.79 Å². The number of para-hydroxylation sites is 1. The van der Waals surface area contributed by atoms with E-state index < -0.39 is 11.4 Å². The number of hydrogen-bond acceptors (Lipinski definition) is 2. The first-order valence-corrected chi connectivity index (χ1v) is 5.44. The second kappa shape index (κ2) is 4.75. The predicted octanol–water partition coefficient (Wildman–Crippen LogP) is 3.02. The van der Waals surface area contributed by atoms with Crippen molar-refractivity contribution in [1.29, 1.82) is 0 Å². The van der Waals surface area contributed by atoms with E-state index in [4.69, 9.17) is 16.7 Å². The Labute approximate surface area is 105 Å². The van der Waals surface area contributed by atoms with Crippen molar-refractivity contribution in [2.45, 2.75) is 20.8 Å². The monoisotopic (exact) mass is 255 g/mol. The maximum absolute atomic E-state index is 11.8. The van der Waals surface area contributed by atoms with Crippen LogP contribution in [0, 0.1) is 5.41 Å². The Balaban J connectivity index is 3.14. The number of aromatic carboxylic acids is 1. The summed E-state index contributed by atoms with van der Waals surface area (Å²) in [4.78, 5) is 22.8. The molecule has 92 valence electrons. The highest BCUT2D eigenvalue weighted by atomic mass is 35.5. The molecule has 1 rings (SSSR count). The molecule has 0 saturated heterocycles. The molecule has 0 saturated carbocycles. The van der Waals surface area contributed by atoms with Gasteiger partial charge in [0.25, 0.3) is 0 Å². The van der Waals surface area contributed by atoms with Crippen molar-refractivity contribution in [3.63, 3.8) is 0 Å². The van der Waals surface area contributed by atoms with E-state index in [0.717, 1.165) is 0 Å². The Morgan fingerprint density at radius 3 is 2.35 bits per heavy atom. The van der Waals surface area contributed by atoms with Crippen molar-refractivity contribution in [3.8, 4) is 0 Å². The molecule has 0 aromatic heterocycles. The minimum Gasteiger partial charge on any atom is -0.478 e. The molecule has 0 aliphatic rings. The third kappa shape index (κ3) is 3.20. The molecule has 0 radical (unpaired) electrons. The molecule has 0 bridgehead atoms. The molecule has 1 aromatic carbocycles. The number of carbonyl (C=O) groups excluding carboxylic acids is 1. The van der Waals surface area contributed by atoms with E-state index in [1.54, 1.807) is 20.8 Å². The third-order valence-corrected chi connectivity index (χ3v) is 2.48. The second-order valence-electron chi connectivity index (χ2n) is 4.67. The standard InChI is InChI=1S/C12H14ClNO3/c1-12(2,3)11(17)14-9-7(10(15)16)5-4-6-8(9)13/h4-6H,1-3H3,(H,14,17)(H,15,16). The lowest BCUT2D eigenvalue weighted by molar-refractivity contribution is -0.123. The lowest BCUT2D eigenvalue weighted by Crippen LogP contribution is -2.28. The van der Waals surface area contributed by atoms with Gasteiger partial charge in [-0.1, -0.05) is 38.4 Å². The maximum atomic E-state index is 11.8. The summed E-state index contributed by atoms with van der Waals surface area (Å²) in [5.74, 6) is -1.41. The number of carboxylic acids is 1. The SMILES string of the molecule is CC(C)(C)C(=O)Nc1c(Cl)cccc1C(=O)O. The van der Waals surface area contributed by atoms with Crippen LogP contribution in [-0.4, -0.2) is 17.0 Å². The Bertz CT molecular complexity index is 463. The van der Waals surface area contributed by atoms with Crippen LogP contribution in [0.4, 0.5) is 5.69 Å². The van der Waals surface area contributed by atoms with Gasteiger partial charge in [0.2, 0.25) is 5.91 Å². The summed E-state index contributed by atoms with van der Waals surface area (Å²) >= 11 is 5.89. The van der Waals surface area contributed by atoms with Crippen LogP contribution in [-0.2, 0) is 4.79 Å². The van der Waals surface area contributed by atoms with Gasteiger partial charge < -0.3 is 10.4 Å². The first-order valence-electron chi connectivity index (χ1n) is 5.06. The van der Waals surface area contributed by atoms with Crippen molar-refractivity contribution in [2.24, 2.45) is 5.41 Å². The van der Waals surface area contributed by atoms with E-state index in [1.165, 1.54) is 18.2 Å². The lowest BCUT2D eigenvalue weighted by Gasteiger charge is -2.19. The molecule has 0 fully saturated rings. The van der Waals surface area contributed by atoms with Gasteiger partial charge in [0.05, 0.1) is 16.3 Å². The minimum absolute atomic E-state index is 0.0184. The molecule has 5 heteroatoms. The van der Waals surface area contributed by atoms with Crippen molar-refractivity contribution in [3.05, 3.63) is 28.8 Å². The van der Waals surface area contributed by atoms with E-state index in [2.05, 4.69) is 5.32 Å². The van der Waals surface area contributed by atoms with Gasteiger partial charge in [0.1, 0.15) is 0 Å². The van der Waals surface area contributed by atoms with Crippen LogP contribution >= 0.6 is 11.6 Å². The van der Waals surface area contributed by atoms with Crippen molar-refractivity contribution in [2.75, 3.05) is 5.32 Å². The van der Waals surface area contributed by atoms with Crippen LogP contribution in [0.5, 0.6) is 0 Å². The van der Waals surface area contributed by atoms with Crippen LogP contribution in [0.3, 0.4) is 0 Å². The Morgan fingerprint density at radius 2 is 1.88 bits per heavy atom. The van der Waals surface area contributed by atoms with Gasteiger partial charge >= 0.3 is 5.97 Å². The summed E-state index contributed by atoms with van der Waals surface area (Å²) < 4.78 is 0. The molecular formula is C12H14ClNO3. The quantitative estimate of drug-likeness (QED) is 0.854. The maximum Gasteiger partial charge on any atom is 0.337 e. The normalized spacial score (nSPS) is 11.1. The zero-order chi connectivity index (χ0) is 13.2. The highest BCUT2D eigenvalue weighted by molar-refractivity contribution is 6.34. The van der Waals surface area contributed by atoms with E-state index in [9.17, 15) is 9.59 Å². The number of hydrogen-bond donors (Lipinski definition) is 2. The summed E-state index contributed by atoms with van der Waals surface area (Å²) in [6, 6.07) is 4.46. The average molecular weight is 256 g/mol. The molecule has 0 unspecified atom stereocenters. The summed E-state index contributed by atoms with van der Waals surface area (Å²) in [5, 5.41) is 11.8. The van der Waals surface area contributed by atoms with Crippen LogP contribution in [0.25, 0.3) is 0 Å². The molecule has 1 amide bonds. The minimum atomic E-state index is -1.13. The summed E-state index contributed by atoms with van der Waals surface area (Å²) in [6.07, 6.45) is 0. The molecule has 2 N–H and O–H groups in total. The number of halogens is 1. The first kappa shape index (κ1) is 13.5. The number of carboxylic acid groups (broad SMARTS) is 1. The van der Waals surface area contributed by atoms with E-state index >= 15 is 0 Å². The number of carbonyl (C=O) groups is 2. The summed E-state index contributed by atoms with van der Waals surface area (Å²) in [7, 11) is 0. The molecule has 4 nitrogen and oxygen atoms in total. The molecule has 0 heterocycles. The van der Waals surface area contributed by atoms with Gasteiger partial charge in [-0.3, -0.25) is 4.79 Å². The summed E-state index contributed by atoms with van der Waals surface area (Å²) in [5.41, 5.74) is -0.494. The van der Waals surface area contributed by atoms with Crippen LogP contribution in [0.1, 0.15) is 31.1 Å². The van der Waals surface area contributed by atoms with Crippen LogP contribution in [0.15, 0.2) is 18.2 Å². The predicted molar refractivity (Wildman–Crippen MR) is 66.5 cm³/mol. The zero-order valence-electron chi connectivity index (χ0n) is 9.87. The van der Waals surface area contributed by atoms with Crippen molar-refractivity contribution < 1.29 is 14.7 Å². The van der Waals surface area contributed by atoms with Gasteiger partial charge in [0.15, 0.2) is 0 Å². The van der Waals surface area contributed by atoms with E-state index in [-0.39, 0.29) is 22.2 Å². The Hall–Kier alpha value is -1.55. The molecule has 17 heavy (non-hydrogen) atoms. The van der Waals surface area contributed by atoms with Gasteiger partial charge in [-0.05, 0) is 12.1 Å². The molecular weight excluding hydrogens is 242 g/mol. The molecule has 0 aliphatic heterocycles. The number of benzene rings is 1. The topological polar surface area (TPSA) is 66.4 Å². The molecule has 0 atom stereocenters. The van der Waals surface area contributed by atoms with Crippen LogP contribution < -0.4 is 5.32 Å². The molecule has 1 aromatic rings. The fourth-order valence-corrected chi connectivity index (χ4v) is 1.35. The second-order valence-corrected chi connectivity index (χ2v) is 5.08. The van der Waals surface area contributed by atoms with Crippen molar-refractivity contribution >= 4 is 29.2 Å². The van der Waals surface area contributed by atoms with Gasteiger partial charge in [0, 0.05) is 5.41 Å². The van der Waals surface area contributed by atoms with E-state index in [0.29, 0.717) is 0 Å². The van der Waals surface area contributed by atoms with Gasteiger partial charge in [-0.2, -0.15) is 0 Å². The highest BCUT2D eigenvalue weighted by Crippen LogP contribution is 2.28. The van der Waals surface area contributed by atoms with Gasteiger partial charge in [-0.15, -0.1) is 0 Å². The summed E-state index contributed by atoms with van der Waals surface area (Å²) in [6.45, 7) is 5.21. The lowest BCUT2D eigenvalue weighted by atomic mass is 9.95. The largest absolute Gasteiger partial charge is 0.478 e. The zero-order valence-corrected chi connectivity index (χ0v) is 10.6. The van der Waals surface area contributed by atoms with E-state index in [1.807, 2.05) is 0 Å². The van der Waals surface area contributed by atoms with Crippen molar-refractivity contribution in [1.82, 2.24) is 0 Å². The highest BCUT2D eigenvalue weighted by Gasteiger charge is 2.24. The Kier molecular flexibility index (Phi) is 3.78.